The van der Waals surface area contributed by atoms with Gasteiger partial charge in [0.1, 0.15) is 5.82 Å². The van der Waals surface area contributed by atoms with E-state index in [1.807, 2.05) is 14.1 Å². The number of nitrogens with one attached hydrogen (secondary N) is 1. The van der Waals surface area contributed by atoms with Crippen LogP contribution in [0.15, 0.2) is 18.2 Å². The quantitative estimate of drug-likeness (QED) is 0.716. The minimum atomic E-state index is -0.419. The summed E-state index contributed by atoms with van der Waals surface area (Å²) < 4.78 is 13.2. The zero-order valence-electron chi connectivity index (χ0n) is 13.0. The molecule has 1 aromatic carbocycles. The number of nitrogen functional groups attached to an aromatic ring is 1. The molecule has 0 atom stereocenters. The third-order valence-corrected chi connectivity index (χ3v) is 3.06. The van der Waals surface area contributed by atoms with E-state index in [1.165, 1.54) is 18.2 Å². The van der Waals surface area contributed by atoms with Crippen molar-refractivity contribution in [2.24, 2.45) is 0 Å². The Bertz CT molecular complexity index is 465. The summed E-state index contributed by atoms with van der Waals surface area (Å²) in [5, 5.41) is 2.67. The van der Waals surface area contributed by atoms with Crippen LogP contribution in [-0.2, 0) is 4.79 Å². The van der Waals surface area contributed by atoms with E-state index in [0.29, 0.717) is 11.4 Å². The van der Waals surface area contributed by atoms with Gasteiger partial charge in [-0.1, -0.05) is 6.92 Å². The molecule has 1 aromatic rings. The first-order chi connectivity index (χ1) is 9.92. The van der Waals surface area contributed by atoms with E-state index in [-0.39, 0.29) is 12.5 Å². The van der Waals surface area contributed by atoms with Crippen molar-refractivity contribution in [2.75, 3.05) is 51.3 Å². The van der Waals surface area contributed by atoms with Gasteiger partial charge in [0.05, 0.1) is 17.9 Å². The number of amides is 1. The van der Waals surface area contributed by atoms with Crippen LogP contribution in [0.3, 0.4) is 0 Å². The highest BCUT2D eigenvalue weighted by Crippen LogP contribution is 2.19. The molecule has 0 unspecified atom stereocenters. The number of benzene rings is 1. The summed E-state index contributed by atoms with van der Waals surface area (Å²) in [6, 6.07) is 3.95. The van der Waals surface area contributed by atoms with Gasteiger partial charge in [-0.25, -0.2) is 4.39 Å². The highest BCUT2D eigenvalue weighted by atomic mass is 19.1. The lowest BCUT2D eigenvalue weighted by Crippen LogP contribution is -2.38. The fourth-order valence-electron chi connectivity index (χ4n) is 1.96. The maximum Gasteiger partial charge on any atom is 0.238 e. The van der Waals surface area contributed by atoms with Gasteiger partial charge in [0.2, 0.25) is 5.91 Å². The van der Waals surface area contributed by atoms with Crippen LogP contribution < -0.4 is 11.1 Å². The summed E-state index contributed by atoms with van der Waals surface area (Å²) in [4.78, 5) is 16.2. The third kappa shape index (κ3) is 6.55. The van der Waals surface area contributed by atoms with Gasteiger partial charge in [0, 0.05) is 13.1 Å². The Morgan fingerprint density at radius 2 is 2.00 bits per heavy atom. The molecule has 3 N–H and O–H groups in total. The SMILES string of the molecule is CCCN(CCN(C)C)CC(=O)Nc1cc(F)ccc1N. The molecule has 1 amide bonds. The molecule has 0 radical (unpaired) electrons. The lowest BCUT2D eigenvalue weighted by atomic mass is 10.2. The Labute approximate surface area is 125 Å². The maximum atomic E-state index is 13.2. The number of nitrogens with zero attached hydrogens (tertiary/aromatic N) is 2. The van der Waals surface area contributed by atoms with Gasteiger partial charge in [-0.3, -0.25) is 9.69 Å². The Hall–Kier alpha value is -1.66. The molecule has 0 saturated heterocycles. The molecule has 0 aliphatic rings. The summed E-state index contributed by atoms with van der Waals surface area (Å²) in [7, 11) is 4.00. The number of rotatable bonds is 8. The standard InChI is InChI=1S/C15H25FN4O/c1-4-7-20(9-8-19(2)3)11-15(21)18-14-10-12(16)5-6-13(14)17/h5-6,10H,4,7-9,11,17H2,1-3H3,(H,18,21). The van der Waals surface area contributed by atoms with E-state index in [2.05, 4.69) is 22.0 Å². The molecule has 0 heterocycles. The Kier molecular flexibility index (Phi) is 7.11. The van der Waals surface area contributed by atoms with Gasteiger partial charge in [0.15, 0.2) is 0 Å². The smallest absolute Gasteiger partial charge is 0.238 e. The van der Waals surface area contributed by atoms with Crippen LogP contribution >= 0.6 is 0 Å². The van der Waals surface area contributed by atoms with Crippen LogP contribution in [0.5, 0.6) is 0 Å². The zero-order chi connectivity index (χ0) is 15.8. The topological polar surface area (TPSA) is 61.6 Å². The summed E-state index contributed by atoms with van der Waals surface area (Å²) in [6.07, 6.45) is 0.975. The largest absolute Gasteiger partial charge is 0.397 e. The second kappa shape index (κ2) is 8.59. The van der Waals surface area contributed by atoms with Crippen LogP contribution in [0.1, 0.15) is 13.3 Å². The van der Waals surface area contributed by atoms with Gasteiger partial charge in [-0.2, -0.15) is 0 Å². The van der Waals surface area contributed by atoms with Gasteiger partial charge >= 0.3 is 0 Å². The van der Waals surface area contributed by atoms with Crippen molar-refractivity contribution in [3.63, 3.8) is 0 Å². The minimum absolute atomic E-state index is 0.181. The predicted molar refractivity (Wildman–Crippen MR) is 84.7 cm³/mol. The van der Waals surface area contributed by atoms with Crippen LogP contribution in [0, 0.1) is 5.82 Å². The van der Waals surface area contributed by atoms with E-state index in [0.717, 1.165) is 26.1 Å². The van der Waals surface area contributed by atoms with E-state index < -0.39 is 5.82 Å². The number of hydrogen-bond donors (Lipinski definition) is 2. The van der Waals surface area contributed by atoms with E-state index in [1.54, 1.807) is 0 Å². The van der Waals surface area contributed by atoms with E-state index in [4.69, 9.17) is 5.73 Å². The van der Waals surface area contributed by atoms with Crippen molar-refractivity contribution in [2.45, 2.75) is 13.3 Å². The highest BCUT2D eigenvalue weighted by molar-refractivity contribution is 5.95. The number of anilines is 2. The normalized spacial score (nSPS) is 11.1. The molecule has 5 nitrogen and oxygen atoms in total. The number of halogens is 1. The van der Waals surface area contributed by atoms with Gasteiger partial charge in [-0.15, -0.1) is 0 Å². The molecular formula is C15H25FN4O. The molecule has 0 aliphatic carbocycles. The van der Waals surface area contributed by atoms with Gasteiger partial charge in [0.25, 0.3) is 0 Å². The minimum Gasteiger partial charge on any atom is -0.397 e. The van der Waals surface area contributed by atoms with Crippen LogP contribution in [-0.4, -0.2) is 56.0 Å². The van der Waals surface area contributed by atoms with E-state index in [9.17, 15) is 9.18 Å². The Morgan fingerprint density at radius 1 is 1.29 bits per heavy atom. The van der Waals surface area contributed by atoms with Crippen molar-refractivity contribution in [1.82, 2.24) is 9.80 Å². The Morgan fingerprint density at radius 3 is 2.62 bits per heavy atom. The molecule has 0 aromatic heterocycles. The lowest BCUT2D eigenvalue weighted by molar-refractivity contribution is -0.117. The summed E-state index contributed by atoms with van der Waals surface area (Å²) >= 11 is 0. The molecular weight excluding hydrogens is 271 g/mol. The first kappa shape index (κ1) is 17.4. The predicted octanol–water partition coefficient (Wildman–Crippen LogP) is 1.62. The molecule has 0 spiro atoms. The molecule has 1 rings (SSSR count). The molecule has 21 heavy (non-hydrogen) atoms. The number of likely N-dealkylation sites (N-methyl/N-ethyl adjacent to an activating group) is 1. The number of carbonyl (C=O) groups excluding carboxylic acids is 1. The number of hydrogen-bond acceptors (Lipinski definition) is 4. The molecule has 0 bridgehead atoms. The second-order valence-corrected chi connectivity index (χ2v) is 5.36. The first-order valence-electron chi connectivity index (χ1n) is 7.14. The molecule has 6 heteroatoms. The summed E-state index contributed by atoms with van der Waals surface area (Å²) in [5.74, 6) is -0.600. The van der Waals surface area contributed by atoms with Gasteiger partial charge in [-0.05, 0) is 45.3 Å². The summed E-state index contributed by atoms with van der Waals surface area (Å²) in [6.45, 7) is 4.89. The molecule has 118 valence electrons. The lowest BCUT2D eigenvalue weighted by Gasteiger charge is -2.23. The first-order valence-corrected chi connectivity index (χ1v) is 7.14. The average molecular weight is 296 g/mol. The van der Waals surface area contributed by atoms with Crippen LogP contribution in [0.2, 0.25) is 0 Å². The zero-order valence-corrected chi connectivity index (χ0v) is 13.0. The van der Waals surface area contributed by atoms with Crippen LogP contribution in [0.4, 0.5) is 15.8 Å². The van der Waals surface area contributed by atoms with E-state index >= 15 is 0 Å². The van der Waals surface area contributed by atoms with Crippen molar-refractivity contribution in [3.05, 3.63) is 24.0 Å². The molecule has 0 fully saturated rings. The van der Waals surface area contributed by atoms with Crippen molar-refractivity contribution in [3.8, 4) is 0 Å². The maximum absolute atomic E-state index is 13.2. The fraction of sp³-hybridized carbons (Fsp3) is 0.533. The second-order valence-electron chi connectivity index (χ2n) is 5.36. The molecule has 0 aliphatic heterocycles. The third-order valence-electron chi connectivity index (χ3n) is 3.06. The Balaban J connectivity index is 2.58. The van der Waals surface area contributed by atoms with Crippen LogP contribution in [0.25, 0.3) is 0 Å². The highest BCUT2D eigenvalue weighted by Gasteiger charge is 2.12. The fourth-order valence-corrected chi connectivity index (χ4v) is 1.96. The van der Waals surface area contributed by atoms with Crippen molar-refractivity contribution in [1.29, 1.82) is 0 Å². The number of nitrogens with two attached hydrogens (primary N) is 1. The van der Waals surface area contributed by atoms with Crippen molar-refractivity contribution >= 4 is 17.3 Å². The monoisotopic (exact) mass is 296 g/mol. The van der Waals surface area contributed by atoms with Gasteiger partial charge < -0.3 is 16.0 Å². The number of carbonyl (C=O) groups is 1. The molecule has 0 saturated carbocycles. The summed E-state index contributed by atoms with van der Waals surface area (Å²) in [5.41, 5.74) is 6.41. The average Bonchev–Trinajstić information content (AvgIpc) is 2.40. The van der Waals surface area contributed by atoms with Crippen molar-refractivity contribution < 1.29 is 9.18 Å².